The highest BCUT2D eigenvalue weighted by atomic mass is 32.2. The highest BCUT2D eigenvalue weighted by Gasteiger charge is 2.11. The van der Waals surface area contributed by atoms with Crippen molar-refractivity contribution in [3.05, 3.63) is 23.8 Å². The molecule has 0 fully saturated rings. The van der Waals surface area contributed by atoms with Crippen LogP contribution in [0.1, 0.15) is 25.8 Å². The van der Waals surface area contributed by atoms with Gasteiger partial charge in [0.1, 0.15) is 6.07 Å². The van der Waals surface area contributed by atoms with E-state index in [0.717, 1.165) is 35.7 Å². The number of nitrogens with zero attached hydrogens (tertiary/aromatic N) is 2. The van der Waals surface area contributed by atoms with Crippen LogP contribution in [-0.4, -0.2) is 19.3 Å². The Labute approximate surface area is 102 Å². The molecule has 86 valence electrons. The fraction of sp³-hybridized carbons (Fsp3) is 0.462. The highest BCUT2D eigenvalue weighted by Crippen LogP contribution is 2.28. The third-order valence-corrected chi connectivity index (χ3v) is 3.33. The van der Waals surface area contributed by atoms with Gasteiger partial charge in [-0.25, -0.2) is 0 Å². The molecular formula is C13H18N2S. The average Bonchev–Trinajstić information content (AvgIpc) is 2.34. The maximum absolute atomic E-state index is 9.25. The molecule has 0 unspecified atom stereocenters. The van der Waals surface area contributed by atoms with E-state index >= 15 is 0 Å². The summed E-state index contributed by atoms with van der Waals surface area (Å²) in [4.78, 5) is 3.33. The first kappa shape index (κ1) is 12.9. The van der Waals surface area contributed by atoms with Crippen molar-refractivity contribution in [1.82, 2.24) is 0 Å². The molecule has 0 saturated carbocycles. The maximum atomic E-state index is 9.25. The minimum Gasteiger partial charge on any atom is -0.371 e. The minimum atomic E-state index is 0.810. The third-order valence-electron chi connectivity index (χ3n) is 2.55. The van der Waals surface area contributed by atoms with E-state index in [9.17, 15) is 5.26 Å². The van der Waals surface area contributed by atoms with Gasteiger partial charge in [0.2, 0.25) is 0 Å². The second-order valence-electron chi connectivity index (χ2n) is 3.55. The Hall–Kier alpha value is -1.14. The first-order chi connectivity index (χ1) is 7.78. The zero-order valence-corrected chi connectivity index (χ0v) is 11.0. The van der Waals surface area contributed by atoms with Crippen LogP contribution < -0.4 is 4.90 Å². The lowest BCUT2D eigenvalue weighted by Gasteiger charge is -2.24. The third kappa shape index (κ3) is 2.70. The topological polar surface area (TPSA) is 27.0 Å². The molecule has 0 bridgehead atoms. The molecule has 1 aromatic rings. The molecule has 0 aliphatic carbocycles. The Bertz CT molecular complexity index is 382. The van der Waals surface area contributed by atoms with Crippen molar-refractivity contribution >= 4 is 17.4 Å². The van der Waals surface area contributed by atoms with Gasteiger partial charge >= 0.3 is 0 Å². The van der Waals surface area contributed by atoms with Gasteiger partial charge in [0, 0.05) is 18.0 Å². The smallest absolute Gasteiger partial charge is 0.103 e. The Morgan fingerprint density at radius 2 is 2.12 bits per heavy atom. The molecule has 0 aliphatic rings. The Morgan fingerprint density at radius 3 is 2.62 bits per heavy atom. The summed E-state index contributed by atoms with van der Waals surface area (Å²) in [5.74, 6) is 0. The van der Waals surface area contributed by atoms with Crippen molar-refractivity contribution in [2.45, 2.75) is 25.2 Å². The van der Waals surface area contributed by atoms with Gasteiger partial charge in [-0.15, -0.1) is 11.8 Å². The zero-order chi connectivity index (χ0) is 12.0. The fourth-order valence-electron chi connectivity index (χ4n) is 1.78. The number of benzene rings is 1. The van der Waals surface area contributed by atoms with Gasteiger partial charge in [0.25, 0.3) is 0 Å². The summed E-state index contributed by atoms with van der Waals surface area (Å²) >= 11 is 1.63. The van der Waals surface area contributed by atoms with Crippen LogP contribution in [0.25, 0.3) is 0 Å². The molecule has 0 spiro atoms. The maximum Gasteiger partial charge on any atom is 0.103 e. The second-order valence-corrected chi connectivity index (χ2v) is 4.39. The van der Waals surface area contributed by atoms with Crippen LogP contribution in [0.15, 0.2) is 23.1 Å². The lowest BCUT2D eigenvalue weighted by Crippen LogP contribution is -2.24. The lowest BCUT2D eigenvalue weighted by atomic mass is 10.1. The average molecular weight is 234 g/mol. The Balaban J connectivity index is 3.16. The van der Waals surface area contributed by atoms with Gasteiger partial charge in [-0.2, -0.15) is 5.26 Å². The van der Waals surface area contributed by atoms with Crippen LogP contribution in [0, 0.1) is 11.3 Å². The van der Waals surface area contributed by atoms with Crippen molar-refractivity contribution in [2.24, 2.45) is 0 Å². The number of hydrogen-bond acceptors (Lipinski definition) is 3. The molecule has 0 radical (unpaired) electrons. The van der Waals surface area contributed by atoms with Gasteiger partial charge in [-0.3, -0.25) is 0 Å². The van der Waals surface area contributed by atoms with Crippen molar-refractivity contribution in [2.75, 3.05) is 24.2 Å². The molecule has 2 nitrogen and oxygen atoms in total. The van der Waals surface area contributed by atoms with Gasteiger partial charge in [0.05, 0.1) is 11.3 Å². The molecule has 0 atom stereocenters. The predicted molar refractivity (Wildman–Crippen MR) is 71.1 cm³/mol. The first-order valence-corrected chi connectivity index (χ1v) is 6.83. The molecule has 3 heteroatoms. The van der Waals surface area contributed by atoms with Crippen molar-refractivity contribution in [1.29, 1.82) is 5.26 Å². The normalized spacial score (nSPS) is 9.88. The van der Waals surface area contributed by atoms with Crippen molar-refractivity contribution in [3.63, 3.8) is 0 Å². The Morgan fingerprint density at radius 1 is 1.38 bits per heavy atom. The van der Waals surface area contributed by atoms with Gasteiger partial charge in [0.15, 0.2) is 0 Å². The molecule has 0 aromatic heterocycles. The molecule has 0 aliphatic heterocycles. The molecule has 0 N–H and O–H groups in total. The van der Waals surface area contributed by atoms with Crippen molar-refractivity contribution < 1.29 is 0 Å². The first-order valence-electron chi connectivity index (χ1n) is 5.60. The van der Waals surface area contributed by atoms with Crippen LogP contribution in [0.4, 0.5) is 5.69 Å². The van der Waals surface area contributed by atoms with Gasteiger partial charge < -0.3 is 4.90 Å². The van der Waals surface area contributed by atoms with E-state index in [1.165, 1.54) is 0 Å². The molecule has 0 saturated heterocycles. The van der Waals surface area contributed by atoms with Crippen LogP contribution in [0.3, 0.4) is 0 Å². The van der Waals surface area contributed by atoms with E-state index < -0.39 is 0 Å². The molecule has 1 aromatic carbocycles. The zero-order valence-electron chi connectivity index (χ0n) is 10.2. The number of nitriles is 1. The van der Waals surface area contributed by atoms with Crippen LogP contribution >= 0.6 is 11.8 Å². The van der Waals surface area contributed by atoms with Crippen LogP contribution in [0.5, 0.6) is 0 Å². The SMILES string of the molecule is CCCN(CC)c1cccc(SC)c1C#N. The van der Waals surface area contributed by atoms with Crippen LogP contribution in [-0.2, 0) is 0 Å². The second kappa shape index (κ2) is 6.44. The van der Waals surface area contributed by atoms with Crippen molar-refractivity contribution in [3.8, 4) is 6.07 Å². The minimum absolute atomic E-state index is 0.810. The van der Waals surface area contributed by atoms with E-state index in [0.29, 0.717) is 0 Å². The standard InChI is InChI=1S/C13H18N2S/c1-4-9-15(5-2)12-7-6-8-13(16-3)11(12)10-14/h6-8H,4-5,9H2,1-3H3. The molecule has 1 rings (SSSR count). The summed E-state index contributed by atoms with van der Waals surface area (Å²) in [6, 6.07) is 8.40. The van der Waals surface area contributed by atoms with E-state index in [2.05, 4.69) is 24.8 Å². The number of rotatable bonds is 5. The molecule has 0 amide bonds. The molecule has 16 heavy (non-hydrogen) atoms. The summed E-state index contributed by atoms with van der Waals surface area (Å²) in [5.41, 5.74) is 1.88. The van der Waals surface area contributed by atoms with Crippen LogP contribution in [0.2, 0.25) is 0 Å². The van der Waals surface area contributed by atoms with Gasteiger partial charge in [-0.1, -0.05) is 13.0 Å². The van der Waals surface area contributed by atoms with E-state index in [4.69, 9.17) is 0 Å². The van der Waals surface area contributed by atoms with E-state index in [-0.39, 0.29) is 0 Å². The molecule has 0 heterocycles. The van der Waals surface area contributed by atoms with Gasteiger partial charge in [-0.05, 0) is 31.7 Å². The summed E-state index contributed by atoms with van der Waals surface area (Å²) in [6.45, 7) is 6.24. The highest BCUT2D eigenvalue weighted by molar-refractivity contribution is 7.98. The summed E-state index contributed by atoms with van der Waals surface area (Å²) in [5, 5.41) is 9.25. The largest absolute Gasteiger partial charge is 0.371 e. The predicted octanol–water partition coefficient (Wildman–Crippen LogP) is 3.52. The molecular weight excluding hydrogens is 216 g/mol. The monoisotopic (exact) mass is 234 g/mol. The fourth-order valence-corrected chi connectivity index (χ4v) is 2.35. The number of thioether (sulfide) groups is 1. The summed E-state index contributed by atoms with van der Waals surface area (Å²) in [7, 11) is 0. The number of hydrogen-bond donors (Lipinski definition) is 0. The van der Waals surface area contributed by atoms with E-state index in [1.54, 1.807) is 11.8 Å². The summed E-state index contributed by atoms with van der Waals surface area (Å²) in [6.07, 6.45) is 3.11. The summed E-state index contributed by atoms with van der Waals surface area (Å²) < 4.78 is 0. The quantitative estimate of drug-likeness (QED) is 0.729. The lowest BCUT2D eigenvalue weighted by molar-refractivity contribution is 0.789. The van der Waals surface area contributed by atoms with E-state index in [1.807, 2.05) is 24.5 Å². The number of anilines is 1. The Kier molecular flexibility index (Phi) is 5.21.